The topological polar surface area (TPSA) is 55.4 Å². The Morgan fingerprint density at radius 2 is 0.667 bits per heavy atom. The summed E-state index contributed by atoms with van der Waals surface area (Å²) in [5, 5.41) is 0. The molecule has 0 aromatic rings. The van der Waals surface area contributed by atoms with E-state index in [1.54, 1.807) is 0 Å². The maximum absolute atomic E-state index is 6.71. The van der Waals surface area contributed by atoms with Crippen LogP contribution in [0.4, 0.5) is 0 Å². The molecular weight excluding hydrogens is 634 g/mol. The molecule has 0 spiro atoms. The fourth-order valence-electron chi connectivity index (χ4n) is 1.88. The molecule has 199 valence electrons. The molecule has 0 aromatic heterocycles. The van der Waals surface area contributed by atoms with E-state index in [0.717, 1.165) is 0 Å². The van der Waals surface area contributed by atoms with Crippen molar-refractivity contribution in [3.8, 4) is 0 Å². The molecule has 0 aliphatic rings. The van der Waals surface area contributed by atoms with Crippen LogP contribution in [0, 0.1) is 27.1 Å². The first-order valence-electron chi connectivity index (χ1n) is 12.1. The van der Waals surface area contributed by atoms with Gasteiger partial charge in [0, 0.05) is 0 Å². The van der Waals surface area contributed by atoms with Gasteiger partial charge in [0.25, 0.3) is 0 Å². The van der Waals surface area contributed by atoms with Crippen molar-refractivity contribution < 1.29 is 16.8 Å². The van der Waals surface area contributed by atoms with E-state index in [1.807, 2.05) is 0 Å². The first-order valence-corrected chi connectivity index (χ1v) is 20.3. The molecule has 0 aromatic carbocycles. The van der Waals surface area contributed by atoms with Crippen LogP contribution in [0.25, 0.3) is 0 Å². The molecule has 8 heteroatoms. The van der Waals surface area contributed by atoms with E-state index < -0.39 is 41.0 Å². The van der Waals surface area contributed by atoms with Gasteiger partial charge in [-0.1, -0.05) is 0 Å². The summed E-state index contributed by atoms with van der Waals surface area (Å²) in [6.07, 6.45) is 0. The van der Waals surface area contributed by atoms with Crippen LogP contribution in [0.5, 0.6) is 0 Å². The molecule has 0 saturated carbocycles. The standard InChI is InChI=1S/5C5H11O.O.2Sn/c5*1-5(2,3)4-6;;;/h5*4H2,1-3H3;;;/q5*-1;;+2;+3. The van der Waals surface area contributed by atoms with Gasteiger partial charge >= 0.3 is 222 Å². The van der Waals surface area contributed by atoms with Gasteiger partial charge in [0.05, 0.1) is 0 Å². The first-order chi connectivity index (χ1) is 14.4. The van der Waals surface area contributed by atoms with Gasteiger partial charge in [0.1, 0.15) is 0 Å². The maximum atomic E-state index is 6.71. The van der Waals surface area contributed by atoms with Crippen LogP contribution in [0.3, 0.4) is 0 Å². The minimum absolute atomic E-state index is 0.00322. The Bertz CT molecular complexity index is 484. The van der Waals surface area contributed by atoms with Gasteiger partial charge < -0.3 is 0 Å². The molecule has 0 rings (SSSR count). The third kappa shape index (κ3) is 21.2. The van der Waals surface area contributed by atoms with Gasteiger partial charge in [-0.15, -0.1) is 0 Å². The number of hydrogen-bond donors (Lipinski definition) is 0. The van der Waals surface area contributed by atoms with Crippen LogP contribution >= 0.6 is 0 Å². The monoisotopic (exact) mass is 691 g/mol. The molecule has 0 amide bonds. The van der Waals surface area contributed by atoms with Crippen LogP contribution in [-0.2, 0) is 16.8 Å². The predicted molar refractivity (Wildman–Crippen MR) is 140 cm³/mol. The van der Waals surface area contributed by atoms with E-state index in [1.165, 1.54) is 0 Å². The molecule has 0 aliphatic heterocycles. The van der Waals surface area contributed by atoms with E-state index in [9.17, 15) is 0 Å². The van der Waals surface area contributed by atoms with Crippen molar-refractivity contribution in [1.29, 1.82) is 0 Å². The summed E-state index contributed by atoms with van der Waals surface area (Å²) >= 11 is -7.80. The molecule has 6 nitrogen and oxygen atoms in total. The Kier molecular flexibility index (Phi) is 13.8. The third-order valence-electron chi connectivity index (χ3n) is 3.50. The second-order valence-corrected chi connectivity index (χ2v) is 28.0. The van der Waals surface area contributed by atoms with Crippen LogP contribution in [0.2, 0.25) is 0 Å². The van der Waals surface area contributed by atoms with Crippen molar-refractivity contribution in [2.45, 2.75) is 104 Å². The first kappa shape index (κ1) is 34.4. The summed E-state index contributed by atoms with van der Waals surface area (Å²) in [6, 6.07) is 0. The van der Waals surface area contributed by atoms with Gasteiger partial charge in [-0.2, -0.15) is 0 Å². The van der Waals surface area contributed by atoms with Crippen molar-refractivity contribution in [3.63, 3.8) is 0 Å². The van der Waals surface area contributed by atoms with E-state index >= 15 is 0 Å². The zero-order chi connectivity index (χ0) is 26.4. The van der Waals surface area contributed by atoms with Crippen molar-refractivity contribution in [2.24, 2.45) is 27.1 Å². The Morgan fingerprint density at radius 1 is 0.424 bits per heavy atom. The van der Waals surface area contributed by atoms with Crippen molar-refractivity contribution >= 4 is 41.0 Å². The molecular formula is C25H55O6Sn2. The molecule has 33 heavy (non-hydrogen) atoms. The second-order valence-electron chi connectivity index (χ2n) is 15.1. The van der Waals surface area contributed by atoms with Crippen LogP contribution in [-0.4, -0.2) is 74.1 Å². The van der Waals surface area contributed by atoms with Crippen LogP contribution in [0.1, 0.15) is 104 Å². The van der Waals surface area contributed by atoms with Gasteiger partial charge in [0.2, 0.25) is 0 Å². The Balaban J connectivity index is 6.02. The van der Waals surface area contributed by atoms with Gasteiger partial charge in [-0.05, 0) is 0 Å². The Labute approximate surface area is 220 Å². The molecule has 0 heterocycles. The van der Waals surface area contributed by atoms with E-state index in [-0.39, 0.29) is 27.1 Å². The van der Waals surface area contributed by atoms with Crippen LogP contribution in [0.15, 0.2) is 0 Å². The van der Waals surface area contributed by atoms with Crippen molar-refractivity contribution in [3.05, 3.63) is 0 Å². The summed E-state index contributed by atoms with van der Waals surface area (Å²) in [7, 11) is 0. The van der Waals surface area contributed by atoms with Crippen molar-refractivity contribution in [2.75, 3.05) is 33.0 Å². The van der Waals surface area contributed by atoms with E-state index in [2.05, 4.69) is 104 Å². The number of hydrogen-bond acceptors (Lipinski definition) is 6. The summed E-state index contributed by atoms with van der Waals surface area (Å²) in [6.45, 7) is 34.8. The van der Waals surface area contributed by atoms with E-state index in [4.69, 9.17) is 16.8 Å². The zero-order valence-corrected chi connectivity index (χ0v) is 30.2. The summed E-state index contributed by atoms with van der Waals surface area (Å²) in [5.41, 5.74) is -0.149. The molecule has 0 bridgehead atoms. The Hall–Kier alpha value is 1.36. The summed E-state index contributed by atoms with van der Waals surface area (Å²) < 4.78 is 38.9. The quantitative estimate of drug-likeness (QED) is 0.212. The fourth-order valence-corrected chi connectivity index (χ4v) is 22.2. The van der Waals surface area contributed by atoms with E-state index in [0.29, 0.717) is 33.0 Å². The molecule has 1 radical (unpaired) electrons. The van der Waals surface area contributed by atoms with Crippen LogP contribution < -0.4 is 0 Å². The van der Waals surface area contributed by atoms with Gasteiger partial charge in [0.15, 0.2) is 0 Å². The zero-order valence-electron chi connectivity index (χ0n) is 24.5. The van der Waals surface area contributed by atoms with Gasteiger partial charge in [-0.25, -0.2) is 0 Å². The predicted octanol–water partition coefficient (Wildman–Crippen LogP) is 6.74. The molecule has 0 saturated heterocycles. The molecule has 0 N–H and O–H groups in total. The third-order valence-corrected chi connectivity index (χ3v) is 19.1. The summed E-state index contributed by atoms with van der Waals surface area (Å²) in [4.78, 5) is 0. The molecule has 0 atom stereocenters. The second kappa shape index (κ2) is 13.2. The molecule has 0 fully saturated rings. The van der Waals surface area contributed by atoms with Gasteiger partial charge in [-0.3, -0.25) is 0 Å². The molecule has 0 unspecified atom stereocenters. The fraction of sp³-hybridized carbons (Fsp3) is 1.00. The summed E-state index contributed by atoms with van der Waals surface area (Å²) in [5.74, 6) is 0. The van der Waals surface area contributed by atoms with Crippen molar-refractivity contribution in [1.82, 2.24) is 0 Å². The average molecular weight is 689 g/mol. The normalized spacial score (nSPS) is 14.9. The average Bonchev–Trinajstić information content (AvgIpc) is 2.54. The Morgan fingerprint density at radius 3 is 0.879 bits per heavy atom. The molecule has 0 aliphatic carbocycles. The SMILES string of the molecule is CC(C)(C)C[O][Sn]([O]CC(C)(C)C)[O][Sn]([O]CC(C)(C)C)([O]CC(C)(C)C)[O]CC(C)(C)C. The minimum atomic E-state index is -4.50. The number of rotatable bonds is 12.